The second kappa shape index (κ2) is 66.3. The molecule has 0 aliphatic carbocycles. The van der Waals surface area contributed by atoms with E-state index in [1.807, 2.05) is 27.8 Å². The summed E-state index contributed by atoms with van der Waals surface area (Å²) in [5, 5.41) is 9.13. The Labute approximate surface area is 474 Å². The van der Waals surface area contributed by atoms with E-state index in [4.69, 9.17) is 33.2 Å². The Kier molecular flexibility index (Phi) is 68.0. The highest BCUT2D eigenvalue weighted by atomic mass is 16.6. The number of amides is 1. The molecule has 460 valence electrons. The molecule has 0 radical (unpaired) electrons. The summed E-state index contributed by atoms with van der Waals surface area (Å²) in [6.07, 6.45) is 35.4. The Bertz CT molecular complexity index is 1170. The largest absolute Gasteiger partial charge is 0.457 e. The maximum atomic E-state index is 12.5. The third-order valence-electron chi connectivity index (χ3n) is 12.6. The highest BCUT2D eigenvalue weighted by Crippen LogP contribution is 2.12. The Balaban J connectivity index is -0.00000125. The van der Waals surface area contributed by atoms with E-state index in [9.17, 15) is 19.2 Å². The van der Waals surface area contributed by atoms with Gasteiger partial charge in [-0.05, 0) is 125 Å². The maximum Gasteiger partial charge on any atom is 0.407 e. The zero-order chi connectivity index (χ0) is 57.4. The minimum Gasteiger partial charge on any atom is -0.457 e. The van der Waals surface area contributed by atoms with E-state index in [0.717, 1.165) is 155 Å². The standard InChI is InChI=1S/C34H65NO6.C16H34O3.C12H27N3O2/c1-3-5-7-20-29-39-31-33(32-40-30-21-8-6-4-2)41-34(38)23-16-12-11-14-18-25-35(26-22-28-37)24-17-13-9-10-15-19-27-36;1-4-6-8-10-12-18-14-16(17-3)15-19-13-11-9-7-5-2;1-12(2,3)17-11(16)15-10-6-9-14-8-5-7-13-4/h27-28,33H,3-26,29-32H2,1-2H3;16H,4-15H2,1-3H3;13-14H,5-10H2,1-4H3,(H,15,16). The fourth-order valence-corrected chi connectivity index (χ4v) is 7.96. The number of nitrogens with zero attached hydrogens (tertiary/aromatic N) is 1. The van der Waals surface area contributed by atoms with Gasteiger partial charge in [0.05, 0.1) is 26.4 Å². The number of methoxy groups -OCH3 is 1. The average Bonchev–Trinajstić information content (AvgIpc) is 3.40. The molecule has 0 fully saturated rings. The van der Waals surface area contributed by atoms with Gasteiger partial charge in [0.1, 0.15) is 30.4 Å². The van der Waals surface area contributed by atoms with Gasteiger partial charge < -0.3 is 63.6 Å². The van der Waals surface area contributed by atoms with E-state index in [1.165, 1.54) is 89.9 Å². The third kappa shape index (κ3) is 69.8. The quantitative estimate of drug-likeness (QED) is 0.0298. The molecule has 0 rings (SSSR count). The number of nitrogens with one attached hydrogen (secondary N) is 3. The van der Waals surface area contributed by atoms with Crippen LogP contribution >= 0.6 is 0 Å². The zero-order valence-corrected chi connectivity index (χ0v) is 51.8. The van der Waals surface area contributed by atoms with Gasteiger partial charge in [0.15, 0.2) is 0 Å². The van der Waals surface area contributed by atoms with Crippen LogP contribution in [0.1, 0.15) is 248 Å². The minimum atomic E-state index is -0.421. The van der Waals surface area contributed by atoms with Crippen LogP contribution in [0, 0.1) is 0 Å². The van der Waals surface area contributed by atoms with Gasteiger partial charge in [-0.3, -0.25) is 4.79 Å². The molecule has 0 aromatic rings. The van der Waals surface area contributed by atoms with Gasteiger partial charge in [0, 0.05) is 65.9 Å². The summed E-state index contributed by atoms with van der Waals surface area (Å²) in [6, 6.07) is 0. The van der Waals surface area contributed by atoms with Crippen molar-refractivity contribution in [1.82, 2.24) is 20.9 Å². The van der Waals surface area contributed by atoms with E-state index < -0.39 is 5.60 Å². The van der Waals surface area contributed by atoms with E-state index in [2.05, 4.69) is 48.5 Å². The number of hydrogen-bond donors (Lipinski definition) is 3. The van der Waals surface area contributed by atoms with E-state index in [0.29, 0.717) is 65.4 Å². The van der Waals surface area contributed by atoms with Gasteiger partial charge >= 0.3 is 12.1 Å². The molecule has 15 nitrogen and oxygen atoms in total. The summed E-state index contributed by atoms with van der Waals surface area (Å²) < 4.78 is 39.1. The molecule has 77 heavy (non-hydrogen) atoms. The van der Waals surface area contributed by atoms with Crippen LogP contribution in [-0.2, 0) is 47.5 Å². The predicted octanol–water partition coefficient (Wildman–Crippen LogP) is 13.2. The summed E-state index contributed by atoms with van der Waals surface area (Å²) in [6.45, 7) is 26.1. The van der Waals surface area contributed by atoms with Crippen LogP contribution in [0.3, 0.4) is 0 Å². The van der Waals surface area contributed by atoms with Crippen molar-refractivity contribution in [3.8, 4) is 0 Å². The highest BCUT2D eigenvalue weighted by Gasteiger charge is 2.17. The average molecular weight is 1100 g/mol. The third-order valence-corrected chi connectivity index (χ3v) is 12.6. The second-order valence-electron chi connectivity index (χ2n) is 21.5. The van der Waals surface area contributed by atoms with Crippen molar-refractivity contribution in [2.24, 2.45) is 0 Å². The first-order chi connectivity index (χ1) is 37.5. The van der Waals surface area contributed by atoms with Gasteiger partial charge in [0.2, 0.25) is 0 Å². The molecule has 0 heterocycles. The monoisotopic (exact) mass is 1100 g/mol. The molecule has 0 spiro atoms. The summed E-state index contributed by atoms with van der Waals surface area (Å²) in [4.78, 5) is 47.4. The molecule has 0 aliphatic rings. The Hall–Kier alpha value is -2.24. The smallest absolute Gasteiger partial charge is 0.407 e. The molecular formula is C62H126N4O11. The van der Waals surface area contributed by atoms with E-state index in [-0.39, 0.29) is 24.3 Å². The van der Waals surface area contributed by atoms with Gasteiger partial charge in [-0.25, -0.2) is 4.79 Å². The summed E-state index contributed by atoms with van der Waals surface area (Å²) >= 11 is 0. The van der Waals surface area contributed by atoms with Crippen LogP contribution < -0.4 is 16.0 Å². The Morgan fingerprint density at radius 3 is 1.32 bits per heavy atom. The molecule has 0 aliphatic heterocycles. The number of alkyl carbamates (subject to hydrolysis) is 1. The lowest BCUT2D eigenvalue weighted by atomic mass is 10.1. The van der Waals surface area contributed by atoms with Crippen molar-refractivity contribution in [3.63, 3.8) is 0 Å². The number of esters is 1. The Morgan fingerprint density at radius 1 is 0.481 bits per heavy atom. The number of hydrogen-bond acceptors (Lipinski definition) is 14. The molecule has 1 amide bonds. The number of aldehydes is 2. The molecule has 0 aromatic carbocycles. The van der Waals surface area contributed by atoms with Crippen LogP contribution in [0.15, 0.2) is 0 Å². The lowest BCUT2D eigenvalue weighted by Crippen LogP contribution is -2.34. The van der Waals surface area contributed by atoms with Crippen molar-refractivity contribution in [2.45, 2.75) is 265 Å². The summed E-state index contributed by atoms with van der Waals surface area (Å²) in [5.41, 5.74) is -0.421. The van der Waals surface area contributed by atoms with Gasteiger partial charge in [-0.2, -0.15) is 0 Å². The maximum absolute atomic E-state index is 12.5. The number of carbonyl (C=O) groups is 4. The Morgan fingerprint density at radius 2 is 0.896 bits per heavy atom. The summed E-state index contributed by atoms with van der Waals surface area (Å²) in [7, 11) is 3.68. The minimum absolute atomic E-state index is 0.0809. The highest BCUT2D eigenvalue weighted by molar-refractivity contribution is 5.69. The number of ether oxygens (including phenoxy) is 7. The van der Waals surface area contributed by atoms with Crippen LogP contribution in [0.25, 0.3) is 0 Å². The predicted molar refractivity (Wildman–Crippen MR) is 319 cm³/mol. The van der Waals surface area contributed by atoms with Crippen molar-refractivity contribution in [3.05, 3.63) is 0 Å². The van der Waals surface area contributed by atoms with Crippen LogP contribution in [0.4, 0.5) is 4.79 Å². The first kappa shape index (κ1) is 79.0. The van der Waals surface area contributed by atoms with Gasteiger partial charge in [0.25, 0.3) is 0 Å². The molecule has 3 N–H and O–H groups in total. The zero-order valence-electron chi connectivity index (χ0n) is 51.8. The van der Waals surface area contributed by atoms with Crippen LogP contribution in [0.5, 0.6) is 0 Å². The molecule has 0 atom stereocenters. The van der Waals surface area contributed by atoms with Crippen LogP contribution in [0.2, 0.25) is 0 Å². The van der Waals surface area contributed by atoms with Crippen LogP contribution in [-0.4, -0.2) is 160 Å². The molecule has 0 unspecified atom stereocenters. The second-order valence-corrected chi connectivity index (χ2v) is 21.5. The fraction of sp³-hybridized carbons (Fsp3) is 0.935. The van der Waals surface area contributed by atoms with E-state index >= 15 is 0 Å². The lowest BCUT2D eigenvalue weighted by molar-refractivity contribution is -0.156. The van der Waals surface area contributed by atoms with Crippen molar-refractivity contribution >= 4 is 24.6 Å². The lowest BCUT2D eigenvalue weighted by Gasteiger charge is -2.21. The normalized spacial score (nSPS) is 11.4. The van der Waals surface area contributed by atoms with Crippen molar-refractivity contribution < 1.29 is 52.3 Å². The first-order valence-corrected chi connectivity index (χ1v) is 31.4. The van der Waals surface area contributed by atoms with Crippen molar-refractivity contribution in [2.75, 3.05) is 113 Å². The molecule has 0 aromatic heterocycles. The molecule has 0 saturated carbocycles. The van der Waals surface area contributed by atoms with Crippen molar-refractivity contribution in [1.29, 1.82) is 0 Å². The topological polar surface area (TPSA) is 172 Å². The van der Waals surface area contributed by atoms with Gasteiger partial charge in [-0.15, -0.1) is 0 Å². The SMILES string of the molecule is CCCCCCOCC(COCCCCCC)OC.CCCCCCOCC(COCCCCCC)OC(=O)CCCCCCCN(CCC=O)CCCCCCCC=O.CNCCCNCCCNC(=O)OC(C)(C)C. The molecule has 15 heteroatoms. The summed E-state index contributed by atoms with van der Waals surface area (Å²) in [5.74, 6) is -0.148. The van der Waals surface area contributed by atoms with E-state index in [1.54, 1.807) is 7.11 Å². The van der Waals surface area contributed by atoms with Gasteiger partial charge in [-0.1, -0.05) is 143 Å². The first-order valence-electron chi connectivity index (χ1n) is 31.4. The number of carbonyl (C=O) groups excluding carboxylic acids is 4. The number of rotatable bonds is 57. The fourth-order valence-electron chi connectivity index (χ4n) is 7.96. The molecule has 0 saturated heterocycles. The number of unbranched alkanes of at least 4 members (excludes halogenated alkanes) is 21. The molecular weight excluding hydrogens is 977 g/mol. The molecule has 0 bridgehead atoms.